The smallest absolute Gasteiger partial charge is 0.262 e. The molecule has 3 aromatic carbocycles. The monoisotopic (exact) mass is 396 g/mol. The number of carbonyl (C=O) groups excluding carboxylic acids is 1. The fourth-order valence-corrected chi connectivity index (χ4v) is 3.40. The van der Waals surface area contributed by atoms with E-state index >= 15 is 0 Å². The molecule has 0 bridgehead atoms. The average Bonchev–Trinajstić information content (AvgIpc) is 2.75. The van der Waals surface area contributed by atoms with Crippen LogP contribution in [0.4, 0.5) is 20.2 Å². The molecule has 1 heterocycles. The summed E-state index contributed by atoms with van der Waals surface area (Å²) in [5.74, 6) is -1.26. The number of ether oxygens (including phenoxy) is 2. The molecule has 3 aromatic rings. The maximum Gasteiger partial charge on any atom is 0.262 e. The molecule has 0 fully saturated rings. The van der Waals surface area contributed by atoms with Gasteiger partial charge in [-0.25, -0.2) is 8.78 Å². The molecule has 29 heavy (non-hydrogen) atoms. The number of carbonyl (C=O) groups is 1. The second-order valence-electron chi connectivity index (χ2n) is 6.48. The Labute approximate surface area is 166 Å². The van der Waals surface area contributed by atoms with Crippen LogP contribution in [0, 0.1) is 11.6 Å². The molecule has 1 amide bonds. The predicted molar refractivity (Wildman–Crippen MR) is 106 cm³/mol. The van der Waals surface area contributed by atoms with Crippen molar-refractivity contribution in [2.45, 2.75) is 6.17 Å². The van der Waals surface area contributed by atoms with E-state index in [0.29, 0.717) is 34.0 Å². The highest BCUT2D eigenvalue weighted by atomic mass is 19.2. The Balaban J connectivity index is 1.90. The first-order valence-electron chi connectivity index (χ1n) is 8.89. The number of hydrogen-bond acceptors (Lipinski definition) is 4. The van der Waals surface area contributed by atoms with E-state index in [0.717, 1.165) is 12.1 Å². The van der Waals surface area contributed by atoms with Crippen LogP contribution in [-0.2, 0) is 0 Å². The number of para-hydroxylation sites is 1. The Morgan fingerprint density at radius 3 is 2.45 bits per heavy atom. The van der Waals surface area contributed by atoms with Crippen LogP contribution in [0.1, 0.15) is 22.1 Å². The molecule has 0 spiro atoms. The van der Waals surface area contributed by atoms with Crippen molar-refractivity contribution in [1.29, 1.82) is 0 Å². The summed E-state index contributed by atoms with van der Waals surface area (Å²) in [5.41, 5.74) is 1.93. The van der Waals surface area contributed by atoms with Gasteiger partial charge >= 0.3 is 0 Å². The molecule has 7 heteroatoms. The Kier molecular flexibility index (Phi) is 4.80. The average molecular weight is 396 g/mol. The maximum atomic E-state index is 14.0. The number of amides is 1. The molecule has 1 atom stereocenters. The Hall–Kier alpha value is -3.61. The van der Waals surface area contributed by atoms with Gasteiger partial charge in [0.05, 0.1) is 25.5 Å². The summed E-state index contributed by atoms with van der Waals surface area (Å²) in [5, 5.41) is 3.25. The normalized spacial score (nSPS) is 15.5. The van der Waals surface area contributed by atoms with Crippen LogP contribution in [0.15, 0.2) is 60.7 Å². The lowest BCUT2D eigenvalue weighted by Crippen LogP contribution is -2.43. The number of fused-ring (bicyclic) bond motifs is 1. The van der Waals surface area contributed by atoms with Gasteiger partial charge in [0.1, 0.15) is 17.7 Å². The van der Waals surface area contributed by atoms with Gasteiger partial charge in [0.25, 0.3) is 5.91 Å². The lowest BCUT2D eigenvalue weighted by Gasteiger charge is -2.38. The van der Waals surface area contributed by atoms with Gasteiger partial charge in [-0.1, -0.05) is 18.2 Å². The molecular formula is C22H18F2N2O3. The highest BCUT2D eigenvalue weighted by Crippen LogP contribution is 2.41. The Bertz CT molecular complexity index is 1090. The van der Waals surface area contributed by atoms with E-state index < -0.39 is 17.8 Å². The first-order chi connectivity index (χ1) is 14.0. The molecule has 5 nitrogen and oxygen atoms in total. The highest BCUT2D eigenvalue weighted by Gasteiger charge is 2.36. The van der Waals surface area contributed by atoms with Crippen LogP contribution in [0.3, 0.4) is 0 Å². The number of anilines is 2. The summed E-state index contributed by atoms with van der Waals surface area (Å²) in [6, 6.07) is 15.7. The SMILES string of the molecule is COc1ccc(N2C(=O)c3ccccc3N[C@H]2c2ccc(F)c(F)c2)c(OC)c1. The van der Waals surface area contributed by atoms with Gasteiger partial charge < -0.3 is 14.8 Å². The zero-order valence-electron chi connectivity index (χ0n) is 15.8. The molecule has 0 radical (unpaired) electrons. The van der Waals surface area contributed by atoms with Gasteiger partial charge in [0, 0.05) is 11.8 Å². The molecular weight excluding hydrogens is 378 g/mol. The number of hydrogen-bond donors (Lipinski definition) is 1. The second kappa shape index (κ2) is 7.43. The van der Waals surface area contributed by atoms with Crippen LogP contribution in [0.25, 0.3) is 0 Å². The number of methoxy groups -OCH3 is 2. The van der Waals surface area contributed by atoms with Crippen molar-refractivity contribution in [1.82, 2.24) is 0 Å². The Morgan fingerprint density at radius 2 is 1.72 bits per heavy atom. The van der Waals surface area contributed by atoms with E-state index in [2.05, 4.69) is 5.32 Å². The van der Waals surface area contributed by atoms with E-state index in [9.17, 15) is 13.6 Å². The van der Waals surface area contributed by atoms with Crippen LogP contribution in [0.2, 0.25) is 0 Å². The molecule has 0 saturated heterocycles. The molecule has 1 N–H and O–H groups in total. The van der Waals surface area contributed by atoms with Gasteiger partial charge in [-0.15, -0.1) is 0 Å². The van der Waals surface area contributed by atoms with Crippen LogP contribution < -0.4 is 19.7 Å². The van der Waals surface area contributed by atoms with Crippen molar-refractivity contribution in [3.8, 4) is 11.5 Å². The lowest BCUT2D eigenvalue weighted by atomic mass is 10.0. The van der Waals surface area contributed by atoms with Gasteiger partial charge in [-0.3, -0.25) is 9.69 Å². The third-order valence-corrected chi connectivity index (χ3v) is 4.83. The quantitative estimate of drug-likeness (QED) is 0.691. The van der Waals surface area contributed by atoms with Crippen molar-refractivity contribution < 1.29 is 23.0 Å². The summed E-state index contributed by atoms with van der Waals surface area (Å²) in [4.78, 5) is 14.9. The van der Waals surface area contributed by atoms with E-state index in [1.165, 1.54) is 25.2 Å². The van der Waals surface area contributed by atoms with Gasteiger partial charge in [-0.2, -0.15) is 0 Å². The molecule has 0 aromatic heterocycles. The van der Waals surface area contributed by atoms with Gasteiger partial charge in [0.2, 0.25) is 0 Å². The first-order valence-corrected chi connectivity index (χ1v) is 8.89. The zero-order chi connectivity index (χ0) is 20.5. The lowest BCUT2D eigenvalue weighted by molar-refractivity contribution is 0.0974. The minimum Gasteiger partial charge on any atom is -0.497 e. The number of rotatable bonds is 4. The van der Waals surface area contributed by atoms with E-state index in [4.69, 9.17) is 9.47 Å². The molecule has 1 aliphatic heterocycles. The second-order valence-corrected chi connectivity index (χ2v) is 6.48. The molecule has 0 saturated carbocycles. The third-order valence-electron chi connectivity index (χ3n) is 4.83. The van der Waals surface area contributed by atoms with Crippen LogP contribution in [0.5, 0.6) is 11.5 Å². The number of nitrogens with one attached hydrogen (secondary N) is 1. The van der Waals surface area contributed by atoms with Crippen molar-refractivity contribution in [2.75, 3.05) is 24.4 Å². The molecule has 0 aliphatic carbocycles. The summed E-state index contributed by atoms with van der Waals surface area (Å²) >= 11 is 0. The van der Waals surface area contributed by atoms with Gasteiger partial charge in [0.15, 0.2) is 11.6 Å². The van der Waals surface area contributed by atoms with Crippen LogP contribution >= 0.6 is 0 Å². The summed E-state index contributed by atoms with van der Waals surface area (Å²) < 4.78 is 38.1. The summed E-state index contributed by atoms with van der Waals surface area (Å²) in [6.45, 7) is 0. The minimum absolute atomic E-state index is 0.294. The minimum atomic E-state index is -0.989. The summed E-state index contributed by atoms with van der Waals surface area (Å²) in [7, 11) is 3.02. The number of halogens is 2. The topological polar surface area (TPSA) is 50.8 Å². The fraction of sp³-hybridized carbons (Fsp3) is 0.136. The van der Waals surface area contributed by atoms with E-state index in [-0.39, 0.29) is 5.91 Å². The van der Waals surface area contributed by atoms with Crippen molar-refractivity contribution in [3.63, 3.8) is 0 Å². The first kappa shape index (κ1) is 18.7. The van der Waals surface area contributed by atoms with Crippen molar-refractivity contribution in [3.05, 3.63) is 83.4 Å². The molecule has 4 rings (SSSR count). The van der Waals surface area contributed by atoms with Gasteiger partial charge in [-0.05, 0) is 42.0 Å². The largest absolute Gasteiger partial charge is 0.497 e. The predicted octanol–water partition coefficient (Wildman–Crippen LogP) is 4.75. The standard InChI is InChI=1S/C22H18F2N2O3/c1-28-14-8-10-19(20(12-14)29-2)26-21(13-7-9-16(23)17(24)11-13)25-18-6-4-3-5-15(18)22(26)27/h3-12,21,25H,1-2H3/t21-/m1/s1. The zero-order valence-corrected chi connectivity index (χ0v) is 15.8. The molecule has 1 aliphatic rings. The molecule has 148 valence electrons. The third kappa shape index (κ3) is 3.24. The van der Waals surface area contributed by atoms with E-state index in [1.54, 1.807) is 42.5 Å². The maximum absolute atomic E-state index is 14.0. The van der Waals surface area contributed by atoms with Crippen LogP contribution in [-0.4, -0.2) is 20.1 Å². The Morgan fingerprint density at radius 1 is 0.931 bits per heavy atom. The van der Waals surface area contributed by atoms with Crippen molar-refractivity contribution >= 4 is 17.3 Å². The fourth-order valence-electron chi connectivity index (χ4n) is 3.40. The van der Waals surface area contributed by atoms with E-state index in [1.807, 2.05) is 0 Å². The summed E-state index contributed by atoms with van der Waals surface area (Å²) in [6.07, 6.45) is -0.769. The number of benzene rings is 3. The number of nitrogens with zero attached hydrogens (tertiary/aromatic N) is 1. The molecule has 0 unspecified atom stereocenters. The van der Waals surface area contributed by atoms with Crippen molar-refractivity contribution in [2.24, 2.45) is 0 Å². The highest BCUT2D eigenvalue weighted by molar-refractivity contribution is 6.12.